The second-order valence-corrected chi connectivity index (χ2v) is 6.17. The molecular formula is C15H26N2O7. The standard InChI is InChI=1S/C15H26N2O7/c1-8(2)17-12(19)6-9-14(22)15(23)10(24-9)7-16-11(18)4-3-5-13(20)21/h8-10,14-15,22-23H,3-7H2,1-2H3,(H,16,18)(H,17,19)(H,20,21)/t9-,10+,14?,15+/m0/s1. The van der Waals surface area contributed by atoms with E-state index in [-0.39, 0.29) is 50.1 Å². The molecule has 1 unspecified atom stereocenters. The summed E-state index contributed by atoms with van der Waals surface area (Å²) in [6, 6.07) is -0.0399. The van der Waals surface area contributed by atoms with Crippen molar-refractivity contribution in [1.29, 1.82) is 0 Å². The van der Waals surface area contributed by atoms with Crippen LogP contribution in [0.3, 0.4) is 0 Å². The molecule has 1 aliphatic heterocycles. The number of hydrogen-bond acceptors (Lipinski definition) is 6. The predicted molar refractivity (Wildman–Crippen MR) is 83.1 cm³/mol. The number of nitrogens with one attached hydrogen (secondary N) is 2. The fraction of sp³-hybridized carbons (Fsp3) is 0.800. The third-order valence-corrected chi connectivity index (χ3v) is 3.59. The van der Waals surface area contributed by atoms with E-state index in [0.29, 0.717) is 0 Å². The van der Waals surface area contributed by atoms with Crippen molar-refractivity contribution in [3.8, 4) is 0 Å². The Balaban J connectivity index is 2.37. The van der Waals surface area contributed by atoms with Crippen LogP contribution < -0.4 is 10.6 Å². The maximum Gasteiger partial charge on any atom is 0.303 e. The lowest BCUT2D eigenvalue weighted by Crippen LogP contribution is -2.40. The second-order valence-electron chi connectivity index (χ2n) is 6.17. The zero-order valence-corrected chi connectivity index (χ0v) is 13.9. The minimum absolute atomic E-state index is 0.0214. The Hall–Kier alpha value is -1.71. The number of carbonyl (C=O) groups is 3. The molecular weight excluding hydrogens is 320 g/mol. The van der Waals surface area contributed by atoms with Gasteiger partial charge in [0.05, 0.1) is 12.5 Å². The monoisotopic (exact) mass is 346 g/mol. The summed E-state index contributed by atoms with van der Waals surface area (Å²) in [7, 11) is 0. The average molecular weight is 346 g/mol. The van der Waals surface area contributed by atoms with Crippen LogP contribution in [0.15, 0.2) is 0 Å². The molecule has 0 aromatic rings. The molecule has 1 heterocycles. The number of rotatable bonds is 9. The minimum Gasteiger partial charge on any atom is -0.481 e. The Morgan fingerprint density at radius 1 is 1.04 bits per heavy atom. The van der Waals surface area contributed by atoms with E-state index in [0.717, 1.165) is 0 Å². The fourth-order valence-electron chi connectivity index (χ4n) is 2.43. The first-order valence-electron chi connectivity index (χ1n) is 8.00. The average Bonchev–Trinajstić information content (AvgIpc) is 2.72. The number of aliphatic hydroxyl groups excluding tert-OH is 2. The summed E-state index contributed by atoms with van der Waals surface area (Å²) in [5, 5.41) is 33.6. The summed E-state index contributed by atoms with van der Waals surface area (Å²) in [6.07, 6.45) is -3.99. The highest BCUT2D eigenvalue weighted by Crippen LogP contribution is 2.23. The molecule has 0 spiro atoms. The topological polar surface area (TPSA) is 145 Å². The number of ether oxygens (including phenoxy) is 1. The normalized spacial score (nSPS) is 26.4. The Morgan fingerprint density at radius 2 is 1.67 bits per heavy atom. The van der Waals surface area contributed by atoms with E-state index < -0.39 is 30.4 Å². The molecule has 0 aromatic heterocycles. The summed E-state index contributed by atoms with van der Waals surface area (Å²) in [6.45, 7) is 3.59. The second kappa shape index (κ2) is 9.55. The molecule has 0 saturated carbocycles. The molecule has 24 heavy (non-hydrogen) atoms. The van der Waals surface area contributed by atoms with Crippen LogP contribution in [0.1, 0.15) is 39.5 Å². The number of aliphatic carboxylic acids is 1. The number of aliphatic hydroxyl groups is 2. The van der Waals surface area contributed by atoms with E-state index in [2.05, 4.69) is 10.6 Å². The molecule has 2 amide bonds. The molecule has 138 valence electrons. The van der Waals surface area contributed by atoms with Crippen molar-refractivity contribution in [2.45, 2.75) is 70.0 Å². The van der Waals surface area contributed by atoms with E-state index in [1.807, 2.05) is 0 Å². The summed E-state index contributed by atoms with van der Waals surface area (Å²) >= 11 is 0. The zero-order chi connectivity index (χ0) is 18.3. The van der Waals surface area contributed by atoms with Crippen LogP contribution in [0, 0.1) is 0 Å². The minimum atomic E-state index is -1.21. The van der Waals surface area contributed by atoms with Gasteiger partial charge in [-0.15, -0.1) is 0 Å². The Kier molecular flexibility index (Phi) is 8.09. The van der Waals surface area contributed by atoms with Crippen molar-refractivity contribution < 1.29 is 34.4 Å². The molecule has 4 atom stereocenters. The zero-order valence-electron chi connectivity index (χ0n) is 13.9. The molecule has 9 heteroatoms. The van der Waals surface area contributed by atoms with Gasteiger partial charge in [0.2, 0.25) is 11.8 Å². The van der Waals surface area contributed by atoms with E-state index in [9.17, 15) is 24.6 Å². The molecule has 1 rings (SSSR count). The lowest BCUT2D eigenvalue weighted by molar-refractivity contribution is -0.137. The lowest BCUT2D eigenvalue weighted by Gasteiger charge is -2.15. The van der Waals surface area contributed by atoms with Gasteiger partial charge in [0.25, 0.3) is 0 Å². The number of amides is 2. The molecule has 0 bridgehead atoms. The van der Waals surface area contributed by atoms with E-state index in [4.69, 9.17) is 9.84 Å². The third-order valence-electron chi connectivity index (χ3n) is 3.59. The van der Waals surface area contributed by atoms with Crippen LogP contribution >= 0.6 is 0 Å². The van der Waals surface area contributed by atoms with Gasteiger partial charge >= 0.3 is 5.97 Å². The summed E-state index contributed by atoms with van der Waals surface area (Å²) in [4.78, 5) is 33.7. The van der Waals surface area contributed by atoms with Crippen LogP contribution in [0.2, 0.25) is 0 Å². The van der Waals surface area contributed by atoms with Gasteiger partial charge in [-0.25, -0.2) is 0 Å². The van der Waals surface area contributed by atoms with Crippen molar-refractivity contribution in [2.24, 2.45) is 0 Å². The number of hydrogen-bond donors (Lipinski definition) is 5. The predicted octanol–water partition coefficient (Wildman–Crippen LogP) is -1.24. The highest BCUT2D eigenvalue weighted by Gasteiger charge is 2.43. The van der Waals surface area contributed by atoms with Crippen LogP contribution in [0.4, 0.5) is 0 Å². The Morgan fingerprint density at radius 3 is 2.25 bits per heavy atom. The largest absolute Gasteiger partial charge is 0.481 e. The maximum absolute atomic E-state index is 11.7. The van der Waals surface area contributed by atoms with E-state index in [1.165, 1.54) is 0 Å². The van der Waals surface area contributed by atoms with Gasteiger partial charge in [-0.1, -0.05) is 0 Å². The van der Waals surface area contributed by atoms with Crippen molar-refractivity contribution in [2.75, 3.05) is 6.54 Å². The lowest BCUT2D eigenvalue weighted by atomic mass is 10.1. The van der Waals surface area contributed by atoms with Crippen molar-refractivity contribution in [3.05, 3.63) is 0 Å². The van der Waals surface area contributed by atoms with Gasteiger partial charge in [-0.2, -0.15) is 0 Å². The first kappa shape index (κ1) is 20.3. The van der Waals surface area contributed by atoms with Crippen molar-refractivity contribution in [3.63, 3.8) is 0 Å². The summed E-state index contributed by atoms with van der Waals surface area (Å²) in [5.41, 5.74) is 0. The van der Waals surface area contributed by atoms with Gasteiger partial charge in [-0.3, -0.25) is 14.4 Å². The Bertz CT molecular complexity index is 455. The summed E-state index contributed by atoms with van der Waals surface area (Å²) in [5.74, 6) is -1.62. The fourth-order valence-corrected chi connectivity index (χ4v) is 2.43. The van der Waals surface area contributed by atoms with E-state index >= 15 is 0 Å². The van der Waals surface area contributed by atoms with Crippen LogP contribution in [0.5, 0.6) is 0 Å². The highest BCUT2D eigenvalue weighted by atomic mass is 16.5. The van der Waals surface area contributed by atoms with Crippen LogP contribution in [0.25, 0.3) is 0 Å². The van der Waals surface area contributed by atoms with Gasteiger partial charge < -0.3 is 30.7 Å². The number of carboxylic acid groups (broad SMARTS) is 1. The van der Waals surface area contributed by atoms with Crippen LogP contribution in [-0.2, 0) is 19.1 Å². The van der Waals surface area contributed by atoms with Gasteiger partial charge in [-0.05, 0) is 20.3 Å². The first-order chi connectivity index (χ1) is 11.2. The quantitative estimate of drug-likeness (QED) is 0.351. The van der Waals surface area contributed by atoms with Crippen molar-refractivity contribution in [1.82, 2.24) is 10.6 Å². The van der Waals surface area contributed by atoms with Gasteiger partial charge in [0.15, 0.2) is 0 Å². The smallest absolute Gasteiger partial charge is 0.303 e. The molecule has 1 saturated heterocycles. The number of carboxylic acids is 1. The molecule has 0 aromatic carbocycles. The molecule has 0 aliphatic carbocycles. The first-order valence-corrected chi connectivity index (χ1v) is 8.00. The van der Waals surface area contributed by atoms with Gasteiger partial charge in [0.1, 0.15) is 18.3 Å². The molecule has 5 N–H and O–H groups in total. The Labute approximate surface area is 140 Å². The molecule has 0 radical (unpaired) electrons. The number of carbonyl (C=O) groups excluding carboxylic acids is 2. The molecule has 1 fully saturated rings. The van der Waals surface area contributed by atoms with E-state index in [1.54, 1.807) is 13.8 Å². The van der Waals surface area contributed by atoms with Crippen LogP contribution in [-0.4, -0.2) is 70.1 Å². The highest BCUT2D eigenvalue weighted by molar-refractivity contribution is 5.77. The van der Waals surface area contributed by atoms with Gasteiger partial charge in [0, 0.05) is 25.4 Å². The summed E-state index contributed by atoms with van der Waals surface area (Å²) < 4.78 is 5.46. The van der Waals surface area contributed by atoms with Crippen molar-refractivity contribution >= 4 is 17.8 Å². The maximum atomic E-state index is 11.7. The third kappa shape index (κ3) is 6.81. The molecule has 9 nitrogen and oxygen atoms in total. The SMILES string of the molecule is CC(C)NC(=O)C[C@@H]1O[C@H](CNC(=O)CCCC(=O)O)[C@@H](O)C1O. The molecule has 1 aliphatic rings.